The number of unbranched alkanes of at least 4 members (excludes halogenated alkanes) is 3. The lowest BCUT2D eigenvalue weighted by atomic mass is 10.1. The van der Waals surface area contributed by atoms with Crippen molar-refractivity contribution in [3.8, 4) is 0 Å². The molecule has 1 rings (SSSR count). The molecule has 1 heterocycles. The summed E-state index contributed by atoms with van der Waals surface area (Å²) in [5, 5.41) is 11.5. The Bertz CT molecular complexity index is 457. The zero-order valence-electron chi connectivity index (χ0n) is 14.1. The highest BCUT2D eigenvalue weighted by molar-refractivity contribution is 6.76. The van der Waals surface area contributed by atoms with Gasteiger partial charge < -0.3 is 9.94 Å². The van der Waals surface area contributed by atoms with Gasteiger partial charge in [-0.3, -0.25) is 4.79 Å². The van der Waals surface area contributed by atoms with Crippen LogP contribution in [0.1, 0.15) is 37.8 Å². The molecule has 0 amide bonds. The van der Waals surface area contributed by atoms with E-state index >= 15 is 0 Å². The molecule has 0 fully saturated rings. The molecule has 5 heteroatoms. The third-order valence-corrected chi connectivity index (χ3v) is 5.29. The maximum absolute atomic E-state index is 11.6. The molecule has 22 heavy (non-hydrogen) atoms. The summed E-state index contributed by atoms with van der Waals surface area (Å²) in [6.45, 7) is 7.41. The number of carbonyl (C=O) groups excluding carboxylic acids is 1. The van der Waals surface area contributed by atoms with E-state index in [0.717, 1.165) is 48.6 Å². The number of aryl methyl sites for hydroxylation is 1. The average Bonchev–Trinajstić information content (AvgIpc) is 2.43. The van der Waals surface area contributed by atoms with Crippen molar-refractivity contribution in [2.24, 2.45) is 0 Å². The van der Waals surface area contributed by atoms with Crippen molar-refractivity contribution in [1.82, 2.24) is 0 Å². The van der Waals surface area contributed by atoms with Crippen molar-refractivity contribution in [3.05, 3.63) is 35.3 Å². The molecule has 124 valence electrons. The molecule has 1 aromatic rings. The number of esters is 1. The second kappa shape index (κ2) is 9.61. The van der Waals surface area contributed by atoms with Crippen LogP contribution in [0.4, 0.5) is 0 Å². The Balaban J connectivity index is 2.01. The lowest BCUT2D eigenvalue weighted by Gasteiger charge is -2.15. The van der Waals surface area contributed by atoms with Crippen molar-refractivity contribution < 1.29 is 14.3 Å². The summed E-state index contributed by atoms with van der Waals surface area (Å²) in [5.41, 5.74) is 0.813. The van der Waals surface area contributed by atoms with Gasteiger partial charge in [0, 0.05) is 33.0 Å². The summed E-state index contributed by atoms with van der Waals surface area (Å²) >= 11 is 0. The summed E-state index contributed by atoms with van der Waals surface area (Å²) in [6, 6.07) is 6.53. The van der Waals surface area contributed by atoms with Crippen molar-refractivity contribution in [2.45, 2.75) is 64.2 Å². The topological polar surface area (TPSA) is 53.2 Å². The highest BCUT2D eigenvalue weighted by Gasteiger charge is 2.13. The van der Waals surface area contributed by atoms with Gasteiger partial charge in [-0.05, 0) is 18.9 Å². The smallest absolute Gasteiger partial charge is 0.305 e. The zero-order chi connectivity index (χ0) is 16.4. The minimum atomic E-state index is -1.11. The molecule has 0 unspecified atom stereocenters. The Kier molecular flexibility index (Phi) is 8.16. The van der Waals surface area contributed by atoms with Crippen molar-refractivity contribution >= 4 is 14.0 Å². The van der Waals surface area contributed by atoms with Gasteiger partial charge in [0.2, 0.25) is 0 Å². The number of carbonyl (C=O) groups is 1. The summed E-state index contributed by atoms with van der Waals surface area (Å²) in [6.07, 6.45) is 6.75. The van der Waals surface area contributed by atoms with E-state index in [0.29, 0.717) is 13.0 Å². The Labute approximate surface area is 135 Å². The van der Waals surface area contributed by atoms with E-state index in [1.54, 1.807) is 6.07 Å². The molecule has 4 nitrogen and oxygen atoms in total. The zero-order valence-corrected chi connectivity index (χ0v) is 15.1. The first-order chi connectivity index (χ1) is 10.4. The standard InChI is InChI=1S/C17H29NO3Si/c1-22(2,3)15-14-21-17(19)12-7-5-4-6-10-16-11-8-9-13-18(16)20/h8-9,11,13H,4-7,10,12,14-15H2,1-3H3. The van der Waals surface area contributed by atoms with Crippen LogP contribution < -0.4 is 4.73 Å². The van der Waals surface area contributed by atoms with E-state index in [1.807, 2.05) is 12.1 Å². The number of nitrogens with zero attached hydrogens (tertiary/aromatic N) is 1. The normalized spacial score (nSPS) is 11.4. The molecule has 0 aliphatic carbocycles. The molecule has 0 aromatic carbocycles. The predicted molar refractivity (Wildman–Crippen MR) is 91.3 cm³/mol. The van der Waals surface area contributed by atoms with Crippen LogP contribution in [-0.4, -0.2) is 20.7 Å². The van der Waals surface area contributed by atoms with Crippen molar-refractivity contribution in [2.75, 3.05) is 6.61 Å². The number of aromatic nitrogens is 1. The molecule has 0 bridgehead atoms. The third kappa shape index (κ3) is 8.82. The van der Waals surface area contributed by atoms with Gasteiger partial charge in [0.15, 0.2) is 11.9 Å². The molecule has 0 saturated carbocycles. The van der Waals surface area contributed by atoms with Gasteiger partial charge in [-0.2, -0.15) is 4.73 Å². The number of hydrogen-bond acceptors (Lipinski definition) is 3. The Morgan fingerprint density at radius 1 is 1.18 bits per heavy atom. The molecular formula is C17H29NO3Si. The summed E-state index contributed by atoms with van der Waals surface area (Å²) in [5.74, 6) is -0.0706. The van der Waals surface area contributed by atoms with Gasteiger partial charge in [-0.1, -0.05) is 38.5 Å². The molecule has 0 radical (unpaired) electrons. The van der Waals surface area contributed by atoms with E-state index in [1.165, 1.54) is 6.20 Å². The third-order valence-electron chi connectivity index (χ3n) is 3.58. The predicted octanol–water partition coefficient (Wildman–Crippen LogP) is 3.69. The lowest BCUT2D eigenvalue weighted by Crippen LogP contribution is -2.30. The molecular weight excluding hydrogens is 294 g/mol. The maximum atomic E-state index is 11.6. The van der Waals surface area contributed by atoms with Crippen LogP contribution in [0, 0.1) is 5.21 Å². The summed E-state index contributed by atoms with van der Waals surface area (Å²) in [4.78, 5) is 11.6. The number of ether oxygens (including phenoxy) is 1. The SMILES string of the molecule is C[Si](C)(C)CCOC(=O)CCCCCCc1cccc[n+]1[O-]. The summed E-state index contributed by atoms with van der Waals surface area (Å²) < 4.78 is 6.19. The molecule has 0 saturated heterocycles. The first-order valence-electron chi connectivity index (χ1n) is 8.21. The fraction of sp³-hybridized carbons (Fsp3) is 0.647. The van der Waals surface area contributed by atoms with Gasteiger partial charge in [0.25, 0.3) is 0 Å². The Morgan fingerprint density at radius 2 is 1.91 bits per heavy atom. The second-order valence-electron chi connectivity index (χ2n) is 6.96. The molecule has 0 aliphatic rings. The van der Waals surface area contributed by atoms with Crippen LogP contribution in [0.2, 0.25) is 25.7 Å². The van der Waals surface area contributed by atoms with Gasteiger partial charge in [-0.25, -0.2) is 0 Å². The molecule has 1 aromatic heterocycles. The van der Waals surface area contributed by atoms with Crippen LogP contribution in [0.15, 0.2) is 24.4 Å². The maximum Gasteiger partial charge on any atom is 0.305 e. The average molecular weight is 324 g/mol. The number of rotatable bonds is 10. The molecule has 0 spiro atoms. The van der Waals surface area contributed by atoms with Crippen molar-refractivity contribution in [1.29, 1.82) is 0 Å². The van der Waals surface area contributed by atoms with Crippen LogP contribution in [0.5, 0.6) is 0 Å². The van der Waals surface area contributed by atoms with Gasteiger partial charge >= 0.3 is 5.97 Å². The fourth-order valence-corrected chi connectivity index (χ4v) is 2.84. The van der Waals surface area contributed by atoms with E-state index in [4.69, 9.17) is 4.74 Å². The van der Waals surface area contributed by atoms with Crippen LogP contribution in [-0.2, 0) is 16.0 Å². The highest BCUT2D eigenvalue weighted by atomic mass is 28.3. The first kappa shape index (κ1) is 18.7. The molecule has 0 N–H and O–H groups in total. The fourth-order valence-electron chi connectivity index (χ4n) is 2.13. The van der Waals surface area contributed by atoms with Gasteiger partial charge in [0.05, 0.1) is 6.61 Å². The molecule has 0 atom stereocenters. The first-order valence-corrected chi connectivity index (χ1v) is 11.9. The van der Waals surface area contributed by atoms with E-state index in [-0.39, 0.29) is 5.97 Å². The highest BCUT2D eigenvalue weighted by Crippen LogP contribution is 2.10. The number of pyridine rings is 1. The van der Waals surface area contributed by atoms with E-state index in [9.17, 15) is 10.0 Å². The van der Waals surface area contributed by atoms with Crippen LogP contribution in [0.3, 0.4) is 0 Å². The Morgan fingerprint density at radius 3 is 2.59 bits per heavy atom. The quantitative estimate of drug-likeness (QED) is 0.217. The van der Waals surface area contributed by atoms with Crippen molar-refractivity contribution in [3.63, 3.8) is 0 Å². The monoisotopic (exact) mass is 323 g/mol. The molecule has 0 aliphatic heterocycles. The van der Waals surface area contributed by atoms with E-state index < -0.39 is 8.07 Å². The minimum Gasteiger partial charge on any atom is -0.619 e. The van der Waals surface area contributed by atoms with Crippen LogP contribution >= 0.6 is 0 Å². The van der Waals surface area contributed by atoms with Gasteiger partial charge in [-0.15, -0.1) is 0 Å². The van der Waals surface area contributed by atoms with Crippen LogP contribution in [0.25, 0.3) is 0 Å². The summed E-state index contributed by atoms with van der Waals surface area (Å²) in [7, 11) is -1.11. The second-order valence-corrected chi connectivity index (χ2v) is 12.6. The van der Waals surface area contributed by atoms with Gasteiger partial charge in [0.1, 0.15) is 0 Å². The Hall–Kier alpha value is -1.36. The number of hydrogen-bond donors (Lipinski definition) is 0. The lowest BCUT2D eigenvalue weighted by molar-refractivity contribution is -0.614. The minimum absolute atomic E-state index is 0.0706. The largest absolute Gasteiger partial charge is 0.619 e. The van der Waals surface area contributed by atoms with E-state index in [2.05, 4.69) is 19.6 Å².